The van der Waals surface area contributed by atoms with E-state index in [1.54, 1.807) is 0 Å². The molecule has 2 aliphatic rings. The molecule has 19 heavy (non-hydrogen) atoms. The first-order chi connectivity index (χ1) is 9.12. The smallest absolute Gasteiger partial charge is 0.329 e. The number of fused-ring (bicyclic) bond motifs is 1. The number of amides is 1. The summed E-state index contributed by atoms with van der Waals surface area (Å²) in [5.41, 5.74) is 0.869. The molecule has 1 atom stereocenters. The zero-order chi connectivity index (χ0) is 13.5. The molecule has 0 spiro atoms. The monoisotopic (exact) mass is 261 g/mol. The lowest BCUT2D eigenvalue weighted by atomic mass is 9.97. The number of rotatable bonds is 3. The zero-order valence-corrected chi connectivity index (χ0v) is 10.4. The Bertz CT molecular complexity index is 536. The van der Waals surface area contributed by atoms with Crippen LogP contribution in [0.4, 0.5) is 0 Å². The lowest BCUT2D eigenvalue weighted by Crippen LogP contribution is -2.46. The van der Waals surface area contributed by atoms with Crippen molar-refractivity contribution in [3.63, 3.8) is 0 Å². The highest BCUT2D eigenvalue weighted by Crippen LogP contribution is 2.37. The quantitative estimate of drug-likeness (QED) is 0.852. The average Bonchev–Trinajstić information content (AvgIpc) is 3.19. The van der Waals surface area contributed by atoms with E-state index in [0.717, 1.165) is 17.5 Å². The highest BCUT2D eigenvalue weighted by molar-refractivity contribution is 5.92. The van der Waals surface area contributed by atoms with E-state index in [1.807, 2.05) is 24.3 Å². The van der Waals surface area contributed by atoms with Crippen LogP contribution >= 0.6 is 0 Å². The maximum Gasteiger partial charge on any atom is 0.329 e. The molecule has 1 heterocycles. The molecule has 1 fully saturated rings. The average molecular weight is 261 g/mol. The SMILES string of the molecule is O=C(NC1(C(=O)O)CC1)C1OCCc2ccccc21. The van der Waals surface area contributed by atoms with E-state index in [2.05, 4.69) is 5.32 Å². The molecule has 1 aromatic carbocycles. The summed E-state index contributed by atoms with van der Waals surface area (Å²) in [6.07, 6.45) is 1.07. The summed E-state index contributed by atoms with van der Waals surface area (Å²) >= 11 is 0. The molecule has 3 rings (SSSR count). The number of hydrogen-bond donors (Lipinski definition) is 2. The largest absolute Gasteiger partial charge is 0.480 e. The molecule has 2 N–H and O–H groups in total. The molecule has 1 saturated carbocycles. The first-order valence-electron chi connectivity index (χ1n) is 6.37. The Balaban J connectivity index is 1.80. The van der Waals surface area contributed by atoms with Gasteiger partial charge in [0.2, 0.25) is 0 Å². The van der Waals surface area contributed by atoms with Gasteiger partial charge in [0.1, 0.15) is 5.54 Å². The van der Waals surface area contributed by atoms with Gasteiger partial charge in [0.15, 0.2) is 6.10 Å². The predicted octanol–water partition coefficient (Wildman–Crippen LogP) is 1.03. The van der Waals surface area contributed by atoms with E-state index in [9.17, 15) is 9.59 Å². The molecule has 0 aromatic heterocycles. The van der Waals surface area contributed by atoms with Crippen molar-refractivity contribution in [3.8, 4) is 0 Å². The fourth-order valence-electron chi connectivity index (χ4n) is 2.43. The minimum Gasteiger partial charge on any atom is -0.480 e. The van der Waals surface area contributed by atoms with Gasteiger partial charge in [-0.15, -0.1) is 0 Å². The van der Waals surface area contributed by atoms with Crippen molar-refractivity contribution < 1.29 is 19.4 Å². The number of carbonyl (C=O) groups excluding carboxylic acids is 1. The standard InChI is InChI=1S/C14H15NO4/c16-12(15-14(6-7-14)13(17)18)11-10-4-2-1-3-9(10)5-8-19-11/h1-4,11H,5-8H2,(H,15,16)(H,17,18). The fourth-order valence-corrected chi connectivity index (χ4v) is 2.43. The first-order valence-corrected chi connectivity index (χ1v) is 6.37. The lowest BCUT2D eigenvalue weighted by molar-refractivity contribution is -0.146. The van der Waals surface area contributed by atoms with Gasteiger partial charge in [0, 0.05) is 0 Å². The van der Waals surface area contributed by atoms with E-state index in [0.29, 0.717) is 19.4 Å². The summed E-state index contributed by atoms with van der Waals surface area (Å²) in [6.45, 7) is 0.481. The van der Waals surface area contributed by atoms with Crippen LogP contribution in [-0.2, 0) is 20.7 Å². The van der Waals surface area contributed by atoms with Crippen LogP contribution in [-0.4, -0.2) is 29.1 Å². The molecule has 1 aromatic rings. The minimum absolute atomic E-state index is 0.355. The second kappa shape index (κ2) is 4.35. The van der Waals surface area contributed by atoms with E-state index in [-0.39, 0.29) is 5.91 Å². The molecule has 0 saturated heterocycles. The summed E-state index contributed by atoms with van der Waals surface area (Å²) in [6, 6.07) is 7.62. The van der Waals surface area contributed by atoms with Crippen molar-refractivity contribution in [2.45, 2.75) is 30.9 Å². The van der Waals surface area contributed by atoms with Crippen molar-refractivity contribution in [1.82, 2.24) is 5.32 Å². The van der Waals surface area contributed by atoms with Crippen molar-refractivity contribution in [1.29, 1.82) is 0 Å². The lowest BCUT2D eigenvalue weighted by Gasteiger charge is -2.26. The second-order valence-electron chi connectivity index (χ2n) is 5.08. The van der Waals surface area contributed by atoms with Gasteiger partial charge < -0.3 is 15.2 Å². The highest BCUT2D eigenvalue weighted by atomic mass is 16.5. The second-order valence-corrected chi connectivity index (χ2v) is 5.08. The Hall–Kier alpha value is -1.88. The molecular formula is C14H15NO4. The highest BCUT2D eigenvalue weighted by Gasteiger charge is 2.52. The number of carboxylic acids is 1. The number of hydrogen-bond acceptors (Lipinski definition) is 3. The van der Waals surface area contributed by atoms with Crippen molar-refractivity contribution in [2.24, 2.45) is 0 Å². The van der Waals surface area contributed by atoms with E-state index in [1.165, 1.54) is 0 Å². The molecular weight excluding hydrogens is 246 g/mol. The van der Waals surface area contributed by atoms with Crippen LogP contribution in [0.5, 0.6) is 0 Å². The van der Waals surface area contributed by atoms with Crippen LogP contribution in [0.1, 0.15) is 30.1 Å². The van der Waals surface area contributed by atoms with Gasteiger partial charge in [-0.25, -0.2) is 4.79 Å². The summed E-state index contributed by atoms with van der Waals surface area (Å²) in [5, 5.41) is 11.7. The predicted molar refractivity (Wildman–Crippen MR) is 66.6 cm³/mol. The Kier molecular flexibility index (Phi) is 2.78. The fraction of sp³-hybridized carbons (Fsp3) is 0.429. The number of nitrogens with one attached hydrogen (secondary N) is 1. The van der Waals surface area contributed by atoms with Crippen LogP contribution in [0.25, 0.3) is 0 Å². The molecule has 100 valence electrons. The number of aliphatic carboxylic acids is 1. The first kappa shape index (κ1) is 12.2. The third-order valence-corrected chi connectivity index (χ3v) is 3.75. The van der Waals surface area contributed by atoms with Crippen LogP contribution in [0.3, 0.4) is 0 Å². The molecule has 5 heteroatoms. The Morgan fingerprint density at radius 2 is 2.05 bits per heavy atom. The van der Waals surface area contributed by atoms with Gasteiger partial charge in [-0.2, -0.15) is 0 Å². The maximum absolute atomic E-state index is 12.2. The van der Waals surface area contributed by atoms with E-state index < -0.39 is 17.6 Å². The molecule has 1 unspecified atom stereocenters. The summed E-state index contributed by atoms with van der Waals surface area (Å²) in [4.78, 5) is 23.3. The van der Waals surface area contributed by atoms with Gasteiger partial charge in [-0.1, -0.05) is 24.3 Å². The van der Waals surface area contributed by atoms with Crippen molar-refractivity contribution in [3.05, 3.63) is 35.4 Å². The van der Waals surface area contributed by atoms with Gasteiger partial charge >= 0.3 is 5.97 Å². The van der Waals surface area contributed by atoms with E-state index in [4.69, 9.17) is 9.84 Å². The number of carbonyl (C=O) groups is 2. The van der Waals surface area contributed by atoms with Gasteiger partial charge in [0.05, 0.1) is 6.61 Å². The molecule has 1 amide bonds. The Morgan fingerprint density at radius 1 is 1.32 bits per heavy atom. The van der Waals surface area contributed by atoms with Crippen LogP contribution in [0.15, 0.2) is 24.3 Å². The van der Waals surface area contributed by atoms with Crippen molar-refractivity contribution in [2.75, 3.05) is 6.61 Å². The molecule has 1 aliphatic heterocycles. The normalized spacial score (nSPS) is 23.3. The topological polar surface area (TPSA) is 75.6 Å². The maximum atomic E-state index is 12.2. The summed E-state index contributed by atoms with van der Waals surface area (Å²) in [5.74, 6) is -1.32. The van der Waals surface area contributed by atoms with E-state index >= 15 is 0 Å². The number of benzene rings is 1. The minimum atomic E-state index is -1.06. The molecule has 1 aliphatic carbocycles. The van der Waals surface area contributed by atoms with Gasteiger partial charge in [-0.05, 0) is 30.4 Å². The third kappa shape index (κ3) is 2.10. The van der Waals surface area contributed by atoms with Crippen LogP contribution in [0.2, 0.25) is 0 Å². The van der Waals surface area contributed by atoms with Crippen molar-refractivity contribution >= 4 is 11.9 Å². The molecule has 0 radical (unpaired) electrons. The van der Waals surface area contributed by atoms with Gasteiger partial charge in [-0.3, -0.25) is 4.79 Å². The zero-order valence-electron chi connectivity index (χ0n) is 10.4. The molecule has 0 bridgehead atoms. The Morgan fingerprint density at radius 3 is 2.74 bits per heavy atom. The molecule has 5 nitrogen and oxygen atoms in total. The van der Waals surface area contributed by atoms with Crippen LogP contribution < -0.4 is 5.32 Å². The third-order valence-electron chi connectivity index (χ3n) is 3.75. The number of ether oxygens (including phenoxy) is 1. The Labute approximate surface area is 110 Å². The summed E-state index contributed by atoms with van der Waals surface area (Å²) < 4.78 is 5.51. The van der Waals surface area contributed by atoms with Gasteiger partial charge in [0.25, 0.3) is 5.91 Å². The number of carboxylic acid groups (broad SMARTS) is 1. The van der Waals surface area contributed by atoms with Crippen LogP contribution in [0, 0.1) is 0 Å². The summed E-state index contributed by atoms with van der Waals surface area (Å²) in [7, 11) is 0.